The summed E-state index contributed by atoms with van der Waals surface area (Å²) in [5.41, 5.74) is 4.04. The average molecular weight is 288 g/mol. The van der Waals surface area contributed by atoms with Crippen molar-refractivity contribution in [2.75, 3.05) is 6.61 Å². The van der Waals surface area contributed by atoms with E-state index in [1.54, 1.807) is 0 Å². The van der Waals surface area contributed by atoms with Gasteiger partial charge in [0.25, 0.3) is 0 Å². The molecule has 1 rings (SSSR count). The Kier molecular flexibility index (Phi) is 5.06. The number of ether oxygens (including phenoxy) is 1. The highest BCUT2D eigenvalue weighted by molar-refractivity contribution is 9.08. The Morgan fingerprint density at radius 2 is 1.88 bits per heavy atom. The van der Waals surface area contributed by atoms with Crippen molar-refractivity contribution in [2.45, 2.75) is 38.9 Å². The number of carbonyl (C=O) groups is 1. The van der Waals surface area contributed by atoms with Crippen molar-refractivity contribution in [2.24, 2.45) is 0 Å². The van der Waals surface area contributed by atoms with Gasteiger partial charge in [-0.05, 0) is 30.9 Å². The van der Waals surface area contributed by atoms with Crippen LogP contribution in [0.25, 0.3) is 0 Å². The van der Waals surface area contributed by atoms with Gasteiger partial charge in [-0.15, -0.1) is 0 Å². The highest BCUT2D eigenvalue weighted by atomic mass is 79.9. The van der Waals surface area contributed by atoms with E-state index in [4.69, 9.17) is 4.74 Å². The first-order valence-electron chi connectivity index (χ1n) is 5.65. The molecule has 16 heavy (non-hydrogen) atoms. The molecule has 0 fully saturated rings. The molecule has 0 saturated heterocycles. The van der Waals surface area contributed by atoms with Gasteiger partial charge in [-0.3, -0.25) is 0 Å². The maximum Gasteiger partial charge on any atom is 0.355 e. The maximum atomic E-state index is 11.8. The van der Waals surface area contributed by atoms with Crippen LogP contribution in [-0.4, -0.2) is 17.6 Å². The molecule has 0 saturated carbocycles. The van der Waals surface area contributed by atoms with Crippen LogP contribution in [0.15, 0.2) is 0 Å². The van der Waals surface area contributed by atoms with Crippen molar-refractivity contribution in [3.05, 3.63) is 22.5 Å². The predicted octanol–water partition coefficient (Wildman–Crippen LogP) is 3.21. The first-order valence-corrected chi connectivity index (χ1v) is 6.77. The Balaban J connectivity index is 3.17. The number of esters is 1. The summed E-state index contributed by atoms with van der Waals surface area (Å²) in [5, 5.41) is 0.739. The van der Waals surface area contributed by atoms with E-state index in [9.17, 15) is 4.79 Å². The molecule has 0 radical (unpaired) electrons. The molecule has 1 aromatic heterocycles. The van der Waals surface area contributed by atoms with Gasteiger partial charge in [0.05, 0.1) is 6.61 Å². The van der Waals surface area contributed by atoms with E-state index in [1.165, 1.54) is 5.56 Å². The number of hydrogen-bond donors (Lipinski definition) is 1. The third-order valence-electron chi connectivity index (χ3n) is 2.63. The number of nitrogens with one attached hydrogen (secondary N) is 1. The molecule has 0 unspecified atom stereocenters. The summed E-state index contributed by atoms with van der Waals surface area (Å²) in [4.78, 5) is 14.9. The van der Waals surface area contributed by atoms with Crippen LogP contribution in [0.2, 0.25) is 0 Å². The third kappa shape index (κ3) is 2.48. The van der Waals surface area contributed by atoms with Gasteiger partial charge in [-0.1, -0.05) is 29.8 Å². The summed E-state index contributed by atoms with van der Waals surface area (Å²) in [6, 6.07) is 0. The second-order valence-electron chi connectivity index (χ2n) is 3.50. The second kappa shape index (κ2) is 6.09. The van der Waals surface area contributed by atoms with Gasteiger partial charge in [-0.2, -0.15) is 0 Å². The van der Waals surface area contributed by atoms with Crippen LogP contribution in [0.3, 0.4) is 0 Å². The predicted molar refractivity (Wildman–Crippen MR) is 68.1 cm³/mol. The van der Waals surface area contributed by atoms with Gasteiger partial charge < -0.3 is 9.72 Å². The van der Waals surface area contributed by atoms with Crippen LogP contribution in [0, 0.1) is 0 Å². The molecule has 0 aromatic carbocycles. The van der Waals surface area contributed by atoms with Crippen LogP contribution < -0.4 is 0 Å². The summed E-state index contributed by atoms with van der Waals surface area (Å²) in [5.74, 6) is -0.249. The zero-order valence-electron chi connectivity index (χ0n) is 10.0. The second-order valence-corrected chi connectivity index (χ2v) is 4.06. The van der Waals surface area contributed by atoms with E-state index < -0.39 is 0 Å². The number of halogens is 1. The Morgan fingerprint density at radius 1 is 1.25 bits per heavy atom. The lowest BCUT2D eigenvalue weighted by atomic mass is 10.0. The summed E-state index contributed by atoms with van der Waals surface area (Å²) < 4.78 is 5.04. The lowest BCUT2D eigenvalue weighted by Gasteiger charge is -2.03. The minimum atomic E-state index is -0.249. The van der Waals surface area contributed by atoms with E-state index in [0.717, 1.165) is 29.4 Å². The third-order valence-corrected chi connectivity index (χ3v) is 3.19. The number of rotatable bonds is 5. The van der Waals surface area contributed by atoms with Crippen molar-refractivity contribution in [1.29, 1.82) is 0 Å². The fraction of sp³-hybridized carbons (Fsp3) is 0.583. The molecule has 0 atom stereocenters. The number of aromatic amines is 1. The van der Waals surface area contributed by atoms with E-state index >= 15 is 0 Å². The minimum absolute atomic E-state index is 0.249. The standard InChI is InChI=1S/C12H18BrNO2/c1-4-8-9(5-2)11(12(15)16-6-3)14-10(8)7-13/h14H,4-7H2,1-3H3. The summed E-state index contributed by atoms with van der Waals surface area (Å²) >= 11 is 3.43. The molecule has 0 spiro atoms. The molecular weight excluding hydrogens is 270 g/mol. The van der Waals surface area contributed by atoms with Crippen LogP contribution in [0.5, 0.6) is 0 Å². The summed E-state index contributed by atoms with van der Waals surface area (Å²) in [6.45, 7) is 6.39. The smallest absolute Gasteiger partial charge is 0.355 e. The molecule has 1 heterocycles. The SMILES string of the molecule is CCOC(=O)c1[nH]c(CBr)c(CC)c1CC. The molecule has 4 heteroatoms. The molecule has 0 aliphatic carbocycles. The Labute approximate surface area is 105 Å². The Morgan fingerprint density at radius 3 is 2.31 bits per heavy atom. The number of alkyl halides is 1. The van der Waals surface area contributed by atoms with Crippen LogP contribution >= 0.6 is 15.9 Å². The Bertz CT molecular complexity index is 371. The van der Waals surface area contributed by atoms with Crippen molar-refractivity contribution in [3.63, 3.8) is 0 Å². The number of carbonyl (C=O) groups excluding carboxylic acids is 1. The van der Waals surface area contributed by atoms with Gasteiger partial charge in [0.15, 0.2) is 0 Å². The van der Waals surface area contributed by atoms with Gasteiger partial charge in [0.2, 0.25) is 0 Å². The molecular formula is C12H18BrNO2. The molecule has 0 aliphatic rings. The summed E-state index contributed by atoms with van der Waals surface area (Å²) in [7, 11) is 0. The molecule has 3 nitrogen and oxygen atoms in total. The first kappa shape index (κ1) is 13.3. The largest absolute Gasteiger partial charge is 0.461 e. The zero-order valence-corrected chi connectivity index (χ0v) is 11.6. The lowest BCUT2D eigenvalue weighted by Crippen LogP contribution is -2.08. The topological polar surface area (TPSA) is 42.1 Å². The highest BCUT2D eigenvalue weighted by Gasteiger charge is 2.19. The minimum Gasteiger partial charge on any atom is -0.461 e. The lowest BCUT2D eigenvalue weighted by molar-refractivity contribution is 0.0519. The number of hydrogen-bond acceptors (Lipinski definition) is 2. The van der Waals surface area contributed by atoms with Crippen molar-refractivity contribution in [3.8, 4) is 0 Å². The van der Waals surface area contributed by atoms with E-state index in [2.05, 4.69) is 34.8 Å². The van der Waals surface area contributed by atoms with Crippen LogP contribution in [0.4, 0.5) is 0 Å². The van der Waals surface area contributed by atoms with E-state index in [-0.39, 0.29) is 5.97 Å². The molecule has 1 aromatic rings. The normalized spacial score (nSPS) is 10.5. The average Bonchev–Trinajstić information content (AvgIpc) is 2.66. The zero-order chi connectivity index (χ0) is 12.1. The van der Waals surface area contributed by atoms with Gasteiger partial charge >= 0.3 is 5.97 Å². The number of aromatic nitrogens is 1. The Hall–Kier alpha value is -0.770. The monoisotopic (exact) mass is 287 g/mol. The van der Waals surface area contributed by atoms with E-state index in [1.807, 2.05) is 6.92 Å². The fourth-order valence-electron chi connectivity index (χ4n) is 1.94. The van der Waals surface area contributed by atoms with Gasteiger partial charge in [0, 0.05) is 11.0 Å². The molecule has 0 amide bonds. The highest BCUT2D eigenvalue weighted by Crippen LogP contribution is 2.23. The van der Waals surface area contributed by atoms with Crippen molar-refractivity contribution in [1.82, 2.24) is 4.98 Å². The van der Waals surface area contributed by atoms with Gasteiger partial charge in [-0.25, -0.2) is 4.79 Å². The van der Waals surface area contributed by atoms with Crippen LogP contribution in [0.1, 0.15) is 48.1 Å². The van der Waals surface area contributed by atoms with E-state index in [0.29, 0.717) is 12.3 Å². The molecule has 0 aliphatic heterocycles. The summed E-state index contributed by atoms with van der Waals surface area (Å²) in [6.07, 6.45) is 1.78. The fourth-order valence-corrected chi connectivity index (χ4v) is 2.42. The molecule has 0 bridgehead atoms. The number of H-pyrrole nitrogens is 1. The van der Waals surface area contributed by atoms with Crippen molar-refractivity contribution < 1.29 is 9.53 Å². The van der Waals surface area contributed by atoms with Crippen molar-refractivity contribution >= 4 is 21.9 Å². The quantitative estimate of drug-likeness (QED) is 0.667. The molecule has 90 valence electrons. The maximum absolute atomic E-state index is 11.8. The van der Waals surface area contributed by atoms with Gasteiger partial charge in [0.1, 0.15) is 5.69 Å². The van der Waals surface area contributed by atoms with Crippen LogP contribution in [-0.2, 0) is 22.9 Å². The molecule has 1 N–H and O–H groups in total. The first-order chi connectivity index (χ1) is 7.69.